The summed E-state index contributed by atoms with van der Waals surface area (Å²) in [6.45, 7) is 7.50. The smallest absolute Gasteiger partial charge is 0.263 e. The van der Waals surface area contributed by atoms with Crippen LogP contribution in [-0.4, -0.2) is 31.9 Å². The summed E-state index contributed by atoms with van der Waals surface area (Å²) in [6.07, 6.45) is 3.68. The number of carbonyl (C=O) groups excluding carboxylic acids is 1. The van der Waals surface area contributed by atoms with Crippen LogP contribution in [0, 0.1) is 19.7 Å². The monoisotopic (exact) mass is 385 g/mol. The zero-order valence-corrected chi connectivity index (χ0v) is 16.3. The fraction of sp³-hybridized carbons (Fsp3) is 0.263. The summed E-state index contributed by atoms with van der Waals surface area (Å²) in [5, 5.41) is 11.8. The molecule has 0 saturated carbocycles. The first-order valence-electron chi connectivity index (χ1n) is 8.49. The van der Waals surface area contributed by atoms with E-state index >= 15 is 0 Å². The van der Waals surface area contributed by atoms with Gasteiger partial charge in [-0.15, -0.1) is 16.4 Å². The number of rotatable bonds is 5. The Balaban J connectivity index is 1.88. The van der Waals surface area contributed by atoms with Crippen LogP contribution in [0.25, 0.3) is 17.8 Å². The van der Waals surface area contributed by atoms with Crippen molar-refractivity contribution < 1.29 is 9.18 Å². The van der Waals surface area contributed by atoms with Gasteiger partial charge in [-0.2, -0.15) is 0 Å². The summed E-state index contributed by atoms with van der Waals surface area (Å²) in [6, 6.07) is 6.11. The van der Waals surface area contributed by atoms with E-state index in [1.165, 1.54) is 23.5 Å². The van der Waals surface area contributed by atoms with Gasteiger partial charge in [0.15, 0.2) is 0 Å². The van der Waals surface area contributed by atoms with Gasteiger partial charge in [-0.3, -0.25) is 4.79 Å². The van der Waals surface area contributed by atoms with Crippen molar-refractivity contribution in [2.75, 3.05) is 0 Å². The number of benzene rings is 1. The Morgan fingerprint density at radius 3 is 2.56 bits per heavy atom. The molecule has 3 rings (SSSR count). The van der Waals surface area contributed by atoms with Crippen LogP contribution in [0.3, 0.4) is 0 Å². The van der Waals surface area contributed by atoms with Crippen molar-refractivity contribution >= 4 is 29.4 Å². The highest BCUT2D eigenvalue weighted by molar-refractivity contribution is 7.14. The lowest BCUT2D eigenvalue weighted by Gasteiger charge is -2.06. The molecular formula is C19H20FN5OS. The molecule has 27 heavy (non-hydrogen) atoms. The molecule has 0 atom stereocenters. The molecule has 0 radical (unpaired) electrons. The highest BCUT2D eigenvalue weighted by atomic mass is 32.1. The second kappa shape index (κ2) is 7.79. The molecule has 1 aromatic carbocycles. The molecule has 8 heteroatoms. The molecule has 1 amide bonds. The summed E-state index contributed by atoms with van der Waals surface area (Å²) >= 11 is 1.33. The van der Waals surface area contributed by atoms with Crippen LogP contribution in [0.5, 0.6) is 0 Å². The van der Waals surface area contributed by atoms with E-state index < -0.39 is 0 Å². The average Bonchev–Trinajstić information content (AvgIpc) is 3.16. The minimum absolute atomic E-state index is 0.0665. The Bertz CT molecular complexity index is 988. The summed E-state index contributed by atoms with van der Waals surface area (Å²) in [5.41, 5.74) is 2.91. The van der Waals surface area contributed by atoms with Gasteiger partial charge < -0.3 is 5.32 Å². The summed E-state index contributed by atoms with van der Waals surface area (Å²) in [4.78, 5) is 17.3. The number of carbonyl (C=O) groups is 1. The van der Waals surface area contributed by atoms with Crippen molar-refractivity contribution in [3.8, 4) is 5.69 Å². The van der Waals surface area contributed by atoms with Gasteiger partial charge >= 0.3 is 0 Å². The topological polar surface area (TPSA) is 72.7 Å². The number of thiazole rings is 1. The van der Waals surface area contributed by atoms with E-state index in [0.29, 0.717) is 21.3 Å². The van der Waals surface area contributed by atoms with Gasteiger partial charge in [-0.25, -0.2) is 14.1 Å². The standard InChI is InChI=1S/C19H20FN5OS/c1-11(2)21-19(26)18-13(4)22-17(27-18)10-9-16-12(3)23-24-25(16)15-7-5-14(20)6-8-15/h5-11H,1-4H3,(H,21,26)/b10-9+. The fourth-order valence-corrected chi connectivity index (χ4v) is 3.38. The molecule has 2 heterocycles. The van der Waals surface area contributed by atoms with Crippen LogP contribution in [-0.2, 0) is 0 Å². The van der Waals surface area contributed by atoms with Crippen LogP contribution in [0.4, 0.5) is 4.39 Å². The zero-order valence-electron chi connectivity index (χ0n) is 15.5. The van der Waals surface area contributed by atoms with Crippen LogP contribution in [0.15, 0.2) is 24.3 Å². The quantitative estimate of drug-likeness (QED) is 0.725. The van der Waals surface area contributed by atoms with E-state index in [9.17, 15) is 9.18 Å². The van der Waals surface area contributed by atoms with Crippen LogP contribution in [0.2, 0.25) is 0 Å². The number of amides is 1. The lowest BCUT2D eigenvalue weighted by Crippen LogP contribution is -2.29. The maximum atomic E-state index is 13.2. The van der Waals surface area contributed by atoms with Crippen LogP contribution >= 0.6 is 11.3 Å². The first kappa shape index (κ1) is 18.9. The molecule has 1 N–H and O–H groups in total. The predicted molar refractivity (Wildman–Crippen MR) is 104 cm³/mol. The van der Waals surface area contributed by atoms with Crippen molar-refractivity contribution in [3.05, 3.63) is 57.0 Å². The molecule has 140 valence electrons. The molecule has 0 unspecified atom stereocenters. The van der Waals surface area contributed by atoms with Crippen molar-refractivity contribution in [2.24, 2.45) is 0 Å². The molecule has 3 aromatic rings. The molecule has 0 fully saturated rings. The molecule has 0 aliphatic heterocycles. The Hall–Kier alpha value is -2.87. The lowest BCUT2D eigenvalue weighted by atomic mass is 10.2. The highest BCUT2D eigenvalue weighted by Gasteiger charge is 2.15. The minimum atomic E-state index is -0.307. The second-order valence-electron chi connectivity index (χ2n) is 6.38. The third-order valence-electron chi connectivity index (χ3n) is 3.78. The van der Waals surface area contributed by atoms with E-state index in [1.807, 2.05) is 39.8 Å². The Kier molecular flexibility index (Phi) is 5.46. The summed E-state index contributed by atoms with van der Waals surface area (Å²) < 4.78 is 14.8. The van der Waals surface area contributed by atoms with Gasteiger partial charge in [-0.05, 0) is 64.1 Å². The predicted octanol–water partition coefficient (Wildman–Crippen LogP) is 3.79. The highest BCUT2D eigenvalue weighted by Crippen LogP contribution is 2.22. The average molecular weight is 385 g/mol. The van der Waals surface area contributed by atoms with E-state index in [-0.39, 0.29) is 17.8 Å². The number of nitrogens with one attached hydrogen (secondary N) is 1. The first-order chi connectivity index (χ1) is 12.8. The second-order valence-corrected chi connectivity index (χ2v) is 7.41. The molecule has 0 spiro atoms. The van der Waals surface area contributed by atoms with Crippen molar-refractivity contribution in [2.45, 2.75) is 33.7 Å². The SMILES string of the molecule is Cc1nc(/C=C/c2c(C)nnn2-c2ccc(F)cc2)sc1C(=O)NC(C)C. The van der Waals surface area contributed by atoms with E-state index in [0.717, 1.165) is 11.4 Å². The maximum absolute atomic E-state index is 13.2. The fourth-order valence-electron chi connectivity index (χ4n) is 2.51. The number of aromatic nitrogens is 4. The number of halogens is 1. The van der Waals surface area contributed by atoms with Gasteiger partial charge in [0.05, 0.1) is 22.8 Å². The number of hydrogen-bond acceptors (Lipinski definition) is 5. The van der Waals surface area contributed by atoms with Crippen molar-refractivity contribution in [1.29, 1.82) is 0 Å². The van der Waals surface area contributed by atoms with E-state index in [2.05, 4.69) is 20.6 Å². The van der Waals surface area contributed by atoms with Crippen molar-refractivity contribution in [1.82, 2.24) is 25.3 Å². The number of aryl methyl sites for hydroxylation is 2. The van der Waals surface area contributed by atoms with Gasteiger partial charge in [0.2, 0.25) is 0 Å². The Labute approximate surface area is 160 Å². The molecule has 2 aromatic heterocycles. The van der Waals surface area contributed by atoms with Crippen molar-refractivity contribution in [3.63, 3.8) is 0 Å². The Morgan fingerprint density at radius 1 is 1.19 bits per heavy atom. The van der Waals surface area contributed by atoms with Gasteiger partial charge in [0, 0.05) is 6.04 Å². The normalized spacial score (nSPS) is 11.5. The zero-order chi connectivity index (χ0) is 19.6. The van der Waals surface area contributed by atoms with Gasteiger partial charge in [-0.1, -0.05) is 5.21 Å². The number of hydrogen-bond donors (Lipinski definition) is 1. The molecule has 0 saturated heterocycles. The molecule has 0 aliphatic carbocycles. The molecule has 0 aliphatic rings. The minimum Gasteiger partial charge on any atom is -0.349 e. The lowest BCUT2D eigenvalue weighted by molar-refractivity contribution is 0.0946. The molecule has 0 bridgehead atoms. The molecule has 6 nitrogen and oxygen atoms in total. The van der Waals surface area contributed by atoms with Gasteiger partial charge in [0.25, 0.3) is 5.91 Å². The summed E-state index contributed by atoms with van der Waals surface area (Å²) in [5.74, 6) is -0.424. The number of nitrogens with zero attached hydrogens (tertiary/aromatic N) is 4. The van der Waals surface area contributed by atoms with E-state index in [4.69, 9.17) is 0 Å². The van der Waals surface area contributed by atoms with E-state index in [1.54, 1.807) is 16.8 Å². The maximum Gasteiger partial charge on any atom is 0.263 e. The van der Waals surface area contributed by atoms with Crippen LogP contribution < -0.4 is 5.32 Å². The Morgan fingerprint density at radius 2 is 1.89 bits per heavy atom. The third kappa shape index (κ3) is 4.28. The van der Waals surface area contributed by atoms with Crippen LogP contribution in [0.1, 0.15) is 45.6 Å². The third-order valence-corrected chi connectivity index (χ3v) is 4.90. The summed E-state index contributed by atoms with van der Waals surface area (Å²) in [7, 11) is 0. The van der Waals surface area contributed by atoms with Gasteiger partial charge in [0.1, 0.15) is 15.7 Å². The first-order valence-corrected chi connectivity index (χ1v) is 9.31. The molecular weight excluding hydrogens is 365 g/mol. The largest absolute Gasteiger partial charge is 0.349 e.